The molecule has 1 aliphatic rings. The standard InChI is InChI=1S/C10H19NO3/c11-5-1-2-9(10(12)13)8-3-6-14-7-4-8/h8-9H,1-7,11H2,(H,12,13). The summed E-state index contributed by atoms with van der Waals surface area (Å²) in [4.78, 5) is 11.0. The molecular formula is C10H19NO3. The van der Waals surface area contributed by atoms with Crippen molar-refractivity contribution in [1.29, 1.82) is 0 Å². The van der Waals surface area contributed by atoms with E-state index in [0.29, 0.717) is 26.2 Å². The highest BCUT2D eigenvalue weighted by molar-refractivity contribution is 5.70. The first-order chi connectivity index (χ1) is 6.75. The molecule has 1 rings (SSSR count). The molecule has 0 spiro atoms. The molecule has 1 atom stereocenters. The molecule has 4 nitrogen and oxygen atoms in total. The lowest BCUT2D eigenvalue weighted by molar-refractivity contribution is -0.145. The number of carboxylic acids is 1. The fourth-order valence-electron chi connectivity index (χ4n) is 2.02. The molecular weight excluding hydrogens is 182 g/mol. The Hall–Kier alpha value is -0.610. The number of rotatable bonds is 5. The van der Waals surface area contributed by atoms with Crippen LogP contribution in [0.2, 0.25) is 0 Å². The largest absolute Gasteiger partial charge is 0.481 e. The summed E-state index contributed by atoms with van der Waals surface area (Å²) in [7, 11) is 0. The lowest BCUT2D eigenvalue weighted by atomic mass is 9.83. The van der Waals surface area contributed by atoms with Gasteiger partial charge in [0.05, 0.1) is 5.92 Å². The van der Waals surface area contributed by atoms with Crippen molar-refractivity contribution in [3.8, 4) is 0 Å². The molecule has 14 heavy (non-hydrogen) atoms. The van der Waals surface area contributed by atoms with Crippen molar-refractivity contribution < 1.29 is 14.6 Å². The Balaban J connectivity index is 2.43. The third kappa shape index (κ3) is 3.27. The summed E-state index contributed by atoms with van der Waals surface area (Å²) >= 11 is 0. The molecule has 0 aliphatic carbocycles. The predicted octanol–water partition coefficient (Wildman–Crippen LogP) is 0.853. The summed E-state index contributed by atoms with van der Waals surface area (Å²) in [5.74, 6) is -0.611. The minimum absolute atomic E-state index is 0.220. The first kappa shape index (κ1) is 11.5. The number of aliphatic carboxylic acids is 1. The molecule has 1 saturated heterocycles. The Kier molecular flexibility index (Phi) is 4.90. The van der Waals surface area contributed by atoms with Crippen LogP contribution in [-0.4, -0.2) is 30.8 Å². The molecule has 1 heterocycles. The van der Waals surface area contributed by atoms with Gasteiger partial charge in [0.1, 0.15) is 0 Å². The molecule has 82 valence electrons. The Morgan fingerprint density at radius 3 is 2.64 bits per heavy atom. The van der Waals surface area contributed by atoms with Gasteiger partial charge >= 0.3 is 5.97 Å². The van der Waals surface area contributed by atoms with E-state index in [1.165, 1.54) is 0 Å². The first-order valence-electron chi connectivity index (χ1n) is 5.26. The van der Waals surface area contributed by atoms with Crippen LogP contribution in [0.5, 0.6) is 0 Å². The van der Waals surface area contributed by atoms with Gasteiger partial charge in [-0.05, 0) is 38.1 Å². The highest BCUT2D eigenvalue weighted by Crippen LogP contribution is 2.27. The second-order valence-corrected chi connectivity index (χ2v) is 3.83. The number of hydrogen-bond acceptors (Lipinski definition) is 3. The van der Waals surface area contributed by atoms with Crippen molar-refractivity contribution in [2.24, 2.45) is 17.6 Å². The minimum Gasteiger partial charge on any atom is -0.481 e. The maximum absolute atomic E-state index is 11.0. The van der Waals surface area contributed by atoms with Crippen LogP contribution in [-0.2, 0) is 9.53 Å². The quantitative estimate of drug-likeness (QED) is 0.691. The van der Waals surface area contributed by atoms with Gasteiger partial charge in [0.2, 0.25) is 0 Å². The van der Waals surface area contributed by atoms with Crippen LogP contribution >= 0.6 is 0 Å². The normalized spacial score (nSPS) is 20.6. The zero-order valence-electron chi connectivity index (χ0n) is 8.45. The lowest BCUT2D eigenvalue weighted by Crippen LogP contribution is -2.29. The molecule has 1 fully saturated rings. The molecule has 4 heteroatoms. The van der Waals surface area contributed by atoms with Gasteiger partial charge in [-0.2, -0.15) is 0 Å². The number of carbonyl (C=O) groups is 1. The predicted molar refractivity (Wildman–Crippen MR) is 53.0 cm³/mol. The summed E-state index contributed by atoms with van der Waals surface area (Å²) < 4.78 is 5.22. The Bertz CT molecular complexity index is 178. The van der Waals surface area contributed by atoms with Gasteiger partial charge in [0.25, 0.3) is 0 Å². The topological polar surface area (TPSA) is 72.6 Å². The van der Waals surface area contributed by atoms with Crippen LogP contribution in [0, 0.1) is 11.8 Å². The lowest BCUT2D eigenvalue weighted by Gasteiger charge is -2.27. The second kappa shape index (κ2) is 5.98. The molecule has 0 bridgehead atoms. The van der Waals surface area contributed by atoms with Crippen LogP contribution in [0.4, 0.5) is 0 Å². The summed E-state index contributed by atoms with van der Waals surface area (Å²) in [5.41, 5.74) is 5.39. The van der Waals surface area contributed by atoms with Gasteiger partial charge in [-0.3, -0.25) is 4.79 Å². The minimum atomic E-state index is -0.676. The number of hydrogen-bond donors (Lipinski definition) is 2. The number of nitrogens with two attached hydrogens (primary N) is 1. The van der Waals surface area contributed by atoms with Gasteiger partial charge in [-0.15, -0.1) is 0 Å². The van der Waals surface area contributed by atoms with E-state index in [2.05, 4.69) is 0 Å². The monoisotopic (exact) mass is 201 g/mol. The van der Waals surface area contributed by atoms with Crippen molar-refractivity contribution in [3.05, 3.63) is 0 Å². The zero-order chi connectivity index (χ0) is 10.4. The van der Waals surface area contributed by atoms with Crippen LogP contribution < -0.4 is 5.73 Å². The molecule has 0 aromatic rings. The van der Waals surface area contributed by atoms with Gasteiger partial charge in [0.15, 0.2) is 0 Å². The molecule has 0 saturated carbocycles. The van der Waals surface area contributed by atoms with Crippen molar-refractivity contribution >= 4 is 5.97 Å². The highest BCUT2D eigenvalue weighted by atomic mass is 16.5. The van der Waals surface area contributed by atoms with Gasteiger partial charge in [0, 0.05) is 13.2 Å². The van der Waals surface area contributed by atoms with Gasteiger partial charge < -0.3 is 15.6 Å². The van der Waals surface area contributed by atoms with Gasteiger partial charge in [-0.25, -0.2) is 0 Å². The van der Waals surface area contributed by atoms with E-state index in [4.69, 9.17) is 15.6 Å². The van der Waals surface area contributed by atoms with E-state index in [9.17, 15) is 4.79 Å². The van der Waals surface area contributed by atoms with E-state index >= 15 is 0 Å². The SMILES string of the molecule is NCCCC(C(=O)O)C1CCOCC1. The number of ether oxygens (including phenoxy) is 1. The van der Waals surface area contributed by atoms with Crippen LogP contribution in [0.25, 0.3) is 0 Å². The molecule has 1 unspecified atom stereocenters. The molecule has 0 radical (unpaired) electrons. The van der Waals surface area contributed by atoms with E-state index in [1.54, 1.807) is 0 Å². The fourth-order valence-corrected chi connectivity index (χ4v) is 2.02. The average Bonchev–Trinajstić information content (AvgIpc) is 2.19. The van der Waals surface area contributed by atoms with Crippen molar-refractivity contribution in [1.82, 2.24) is 0 Å². The van der Waals surface area contributed by atoms with E-state index in [1.807, 2.05) is 0 Å². The molecule has 0 amide bonds. The maximum atomic E-state index is 11.0. The highest BCUT2D eigenvalue weighted by Gasteiger charge is 2.28. The summed E-state index contributed by atoms with van der Waals surface area (Å²) in [6, 6.07) is 0. The van der Waals surface area contributed by atoms with E-state index in [0.717, 1.165) is 19.3 Å². The number of carboxylic acid groups (broad SMARTS) is 1. The van der Waals surface area contributed by atoms with E-state index in [-0.39, 0.29) is 11.8 Å². The van der Waals surface area contributed by atoms with Crippen LogP contribution in [0.15, 0.2) is 0 Å². The Morgan fingerprint density at radius 1 is 1.50 bits per heavy atom. The van der Waals surface area contributed by atoms with Crippen LogP contribution in [0.1, 0.15) is 25.7 Å². The van der Waals surface area contributed by atoms with Crippen LogP contribution in [0.3, 0.4) is 0 Å². The van der Waals surface area contributed by atoms with E-state index < -0.39 is 5.97 Å². The summed E-state index contributed by atoms with van der Waals surface area (Å²) in [6.45, 7) is 1.99. The molecule has 0 aromatic carbocycles. The van der Waals surface area contributed by atoms with Crippen molar-refractivity contribution in [2.75, 3.05) is 19.8 Å². The Labute approximate surface area is 84.4 Å². The van der Waals surface area contributed by atoms with Crippen molar-refractivity contribution in [3.63, 3.8) is 0 Å². The molecule has 1 aliphatic heterocycles. The first-order valence-corrected chi connectivity index (χ1v) is 5.26. The molecule has 3 N–H and O–H groups in total. The average molecular weight is 201 g/mol. The Morgan fingerprint density at radius 2 is 2.14 bits per heavy atom. The molecule has 0 aromatic heterocycles. The second-order valence-electron chi connectivity index (χ2n) is 3.83. The smallest absolute Gasteiger partial charge is 0.306 e. The van der Waals surface area contributed by atoms with Crippen molar-refractivity contribution in [2.45, 2.75) is 25.7 Å². The third-order valence-corrected chi connectivity index (χ3v) is 2.87. The van der Waals surface area contributed by atoms with Gasteiger partial charge in [-0.1, -0.05) is 0 Å². The third-order valence-electron chi connectivity index (χ3n) is 2.87. The zero-order valence-corrected chi connectivity index (χ0v) is 8.45. The summed E-state index contributed by atoms with van der Waals surface area (Å²) in [6.07, 6.45) is 3.26. The maximum Gasteiger partial charge on any atom is 0.306 e. The fraction of sp³-hybridized carbons (Fsp3) is 0.900. The summed E-state index contributed by atoms with van der Waals surface area (Å²) in [5, 5.41) is 9.07.